The van der Waals surface area contributed by atoms with Crippen molar-refractivity contribution in [1.29, 1.82) is 0 Å². The second-order valence-corrected chi connectivity index (χ2v) is 7.12. The van der Waals surface area contributed by atoms with Gasteiger partial charge in [-0.1, -0.05) is 0 Å². The average molecular weight is 342 g/mol. The molecular weight excluding hydrogens is 324 g/mol. The number of sulfonamides is 1. The molecule has 1 fully saturated rings. The van der Waals surface area contributed by atoms with Crippen molar-refractivity contribution in [3.63, 3.8) is 0 Å². The van der Waals surface area contributed by atoms with E-state index in [-0.39, 0.29) is 11.4 Å². The van der Waals surface area contributed by atoms with Crippen molar-refractivity contribution in [3.8, 4) is 0 Å². The Hall–Kier alpha value is -2.13. The van der Waals surface area contributed by atoms with Crippen LogP contribution < -0.4 is 5.32 Å². The number of rotatable bonds is 4. The molecule has 1 aromatic rings. The van der Waals surface area contributed by atoms with Gasteiger partial charge >= 0.3 is 12.1 Å². The number of carbonyl (C=O) groups excluding carboxylic acids is 1. The smallest absolute Gasteiger partial charge is 0.411 e. The van der Waals surface area contributed by atoms with Crippen LogP contribution in [0.3, 0.4) is 0 Å². The van der Waals surface area contributed by atoms with Crippen LogP contribution in [0.2, 0.25) is 0 Å². The molecule has 0 spiro atoms. The molecule has 1 aromatic carbocycles. The third kappa shape index (κ3) is 3.99. The lowest BCUT2D eigenvalue weighted by molar-refractivity contribution is -0.142. The van der Waals surface area contributed by atoms with E-state index in [0.29, 0.717) is 25.1 Å². The van der Waals surface area contributed by atoms with Gasteiger partial charge in [-0.15, -0.1) is 0 Å². The summed E-state index contributed by atoms with van der Waals surface area (Å²) in [6.45, 7) is 0.272. The van der Waals surface area contributed by atoms with Gasteiger partial charge in [0.05, 0.1) is 17.9 Å². The maximum Gasteiger partial charge on any atom is 0.411 e. The highest BCUT2D eigenvalue weighted by molar-refractivity contribution is 7.89. The van der Waals surface area contributed by atoms with E-state index in [4.69, 9.17) is 5.11 Å². The van der Waals surface area contributed by atoms with Gasteiger partial charge < -0.3 is 9.84 Å². The first-order chi connectivity index (χ1) is 10.8. The number of carboxylic acids is 1. The summed E-state index contributed by atoms with van der Waals surface area (Å²) < 4.78 is 30.8. The second-order valence-electron chi connectivity index (χ2n) is 5.18. The lowest BCUT2D eigenvalue weighted by Crippen LogP contribution is -2.42. The predicted molar refractivity (Wildman–Crippen MR) is 81.6 cm³/mol. The normalized spacial score (nSPS) is 19.1. The van der Waals surface area contributed by atoms with Gasteiger partial charge in [0, 0.05) is 18.8 Å². The summed E-state index contributed by atoms with van der Waals surface area (Å²) in [5.74, 6) is -1.67. The van der Waals surface area contributed by atoms with E-state index in [1.807, 2.05) is 0 Å². The third-order valence-corrected chi connectivity index (χ3v) is 5.54. The maximum atomic E-state index is 12.6. The van der Waals surface area contributed by atoms with E-state index in [1.165, 1.54) is 35.7 Å². The number of carbonyl (C=O) groups is 2. The topological polar surface area (TPSA) is 113 Å². The van der Waals surface area contributed by atoms with Gasteiger partial charge in [-0.3, -0.25) is 10.1 Å². The van der Waals surface area contributed by atoms with Crippen LogP contribution in [0.25, 0.3) is 0 Å². The molecule has 1 aliphatic rings. The first-order valence-electron chi connectivity index (χ1n) is 7.02. The van der Waals surface area contributed by atoms with Gasteiger partial charge in [0.25, 0.3) is 0 Å². The van der Waals surface area contributed by atoms with E-state index in [0.717, 1.165) is 0 Å². The Balaban J connectivity index is 2.16. The number of nitrogens with one attached hydrogen (secondary N) is 1. The Morgan fingerprint density at radius 1 is 1.30 bits per heavy atom. The summed E-state index contributed by atoms with van der Waals surface area (Å²) in [4.78, 5) is 22.2. The molecule has 23 heavy (non-hydrogen) atoms. The minimum atomic E-state index is -3.75. The number of piperidine rings is 1. The van der Waals surface area contributed by atoms with Crippen LogP contribution in [0.5, 0.6) is 0 Å². The van der Waals surface area contributed by atoms with Gasteiger partial charge in [-0.25, -0.2) is 13.2 Å². The largest absolute Gasteiger partial charge is 0.481 e. The molecule has 0 aromatic heterocycles. The minimum absolute atomic E-state index is 0.0279. The van der Waals surface area contributed by atoms with Crippen molar-refractivity contribution in [3.05, 3.63) is 24.3 Å². The molecule has 126 valence electrons. The molecule has 0 aliphatic carbocycles. The summed E-state index contributed by atoms with van der Waals surface area (Å²) in [6, 6.07) is 5.63. The summed E-state index contributed by atoms with van der Waals surface area (Å²) >= 11 is 0. The number of aliphatic carboxylic acids is 1. The quantitative estimate of drug-likeness (QED) is 0.854. The van der Waals surface area contributed by atoms with Gasteiger partial charge in [0.1, 0.15) is 0 Å². The SMILES string of the molecule is COC(=O)Nc1ccc(S(=O)(=O)N2CCC[C@@H](C(=O)O)C2)cc1. The summed E-state index contributed by atoms with van der Waals surface area (Å²) in [6.07, 6.45) is 0.336. The van der Waals surface area contributed by atoms with Crippen molar-refractivity contribution in [2.24, 2.45) is 5.92 Å². The van der Waals surface area contributed by atoms with E-state index in [9.17, 15) is 18.0 Å². The monoisotopic (exact) mass is 342 g/mol. The molecule has 1 saturated heterocycles. The van der Waals surface area contributed by atoms with E-state index < -0.39 is 28.0 Å². The predicted octanol–water partition coefficient (Wildman–Crippen LogP) is 1.35. The fourth-order valence-corrected chi connectivity index (χ4v) is 3.91. The van der Waals surface area contributed by atoms with Crippen LogP contribution >= 0.6 is 0 Å². The number of nitrogens with zero attached hydrogens (tertiary/aromatic N) is 1. The molecule has 2 N–H and O–H groups in total. The number of amides is 1. The van der Waals surface area contributed by atoms with Gasteiger partial charge in [0.15, 0.2) is 0 Å². The van der Waals surface area contributed by atoms with Gasteiger partial charge in [-0.05, 0) is 37.1 Å². The van der Waals surface area contributed by atoms with Crippen molar-refractivity contribution >= 4 is 27.8 Å². The van der Waals surface area contributed by atoms with E-state index >= 15 is 0 Å². The summed E-state index contributed by atoms with van der Waals surface area (Å²) in [5, 5.41) is 11.5. The Morgan fingerprint density at radius 2 is 1.96 bits per heavy atom. The van der Waals surface area contributed by atoms with Crippen LogP contribution in [0, 0.1) is 5.92 Å². The van der Waals surface area contributed by atoms with E-state index in [1.54, 1.807) is 0 Å². The number of carboxylic acid groups (broad SMARTS) is 1. The van der Waals surface area contributed by atoms with Crippen LogP contribution in [-0.4, -0.2) is 50.1 Å². The van der Waals surface area contributed by atoms with Gasteiger partial charge in [-0.2, -0.15) is 4.31 Å². The van der Waals surface area contributed by atoms with Crippen LogP contribution in [0.15, 0.2) is 29.2 Å². The maximum absolute atomic E-state index is 12.6. The lowest BCUT2D eigenvalue weighted by atomic mass is 10.0. The molecule has 1 atom stereocenters. The highest BCUT2D eigenvalue weighted by Crippen LogP contribution is 2.24. The van der Waals surface area contributed by atoms with Crippen molar-refractivity contribution in [1.82, 2.24) is 4.31 Å². The third-order valence-electron chi connectivity index (χ3n) is 3.66. The molecule has 1 heterocycles. The molecular formula is C14H18N2O6S. The number of benzene rings is 1. The first-order valence-corrected chi connectivity index (χ1v) is 8.46. The molecule has 8 nitrogen and oxygen atoms in total. The number of ether oxygens (including phenoxy) is 1. The molecule has 9 heteroatoms. The Bertz CT molecular complexity index is 686. The Labute approximate surface area is 134 Å². The van der Waals surface area contributed by atoms with Crippen molar-refractivity contribution in [2.45, 2.75) is 17.7 Å². The zero-order valence-electron chi connectivity index (χ0n) is 12.6. The Kier molecular flexibility index (Phi) is 5.22. The molecule has 2 rings (SSSR count). The molecule has 0 radical (unpaired) electrons. The summed E-state index contributed by atoms with van der Waals surface area (Å²) in [5.41, 5.74) is 0.401. The van der Waals surface area contributed by atoms with E-state index in [2.05, 4.69) is 10.1 Å². The van der Waals surface area contributed by atoms with Crippen molar-refractivity contribution in [2.75, 3.05) is 25.5 Å². The van der Waals surface area contributed by atoms with Gasteiger partial charge in [0.2, 0.25) is 10.0 Å². The molecule has 0 saturated carbocycles. The average Bonchev–Trinajstić information content (AvgIpc) is 2.55. The molecule has 0 unspecified atom stereocenters. The summed E-state index contributed by atoms with van der Waals surface area (Å²) in [7, 11) is -2.53. The van der Waals surface area contributed by atoms with Crippen LogP contribution in [-0.2, 0) is 19.6 Å². The number of hydrogen-bond donors (Lipinski definition) is 2. The molecule has 1 aliphatic heterocycles. The highest BCUT2D eigenvalue weighted by Gasteiger charge is 2.33. The number of anilines is 1. The van der Waals surface area contributed by atoms with Crippen molar-refractivity contribution < 1.29 is 27.9 Å². The molecule has 1 amide bonds. The fourth-order valence-electron chi connectivity index (χ4n) is 2.39. The van der Waals surface area contributed by atoms with Crippen LogP contribution in [0.4, 0.5) is 10.5 Å². The highest BCUT2D eigenvalue weighted by atomic mass is 32.2. The fraction of sp³-hybridized carbons (Fsp3) is 0.429. The molecule has 0 bridgehead atoms. The number of hydrogen-bond acceptors (Lipinski definition) is 5. The standard InChI is InChI=1S/C14H18N2O6S/c1-22-14(19)15-11-4-6-12(7-5-11)23(20,21)16-8-2-3-10(9-16)13(17)18/h4-7,10H,2-3,8-9H2,1H3,(H,15,19)(H,17,18)/t10-/m1/s1. The Morgan fingerprint density at radius 3 is 2.52 bits per heavy atom. The minimum Gasteiger partial charge on any atom is -0.481 e. The zero-order chi connectivity index (χ0) is 17.0. The first kappa shape index (κ1) is 17.2. The lowest BCUT2D eigenvalue weighted by Gasteiger charge is -2.29. The van der Waals surface area contributed by atoms with Crippen LogP contribution in [0.1, 0.15) is 12.8 Å². The number of methoxy groups -OCH3 is 1. The zero-order valence-corrected chi connectivity index (χ0v) is 13.4. The second kappa shape index (κ2) is 6.97.